The number of hydrogen-bond acceptors (Lipinski definition) is 5. The Kier molecular flexibility index (Phi) is 5.20. The number of aryl methyl sites for hydroxylation is 1. The molecule has 7 nitrogen and oxygen atoms in total. The lowest BCUT2D eigenvalue weighted by atomic mass is 9.99. The molecule has 2 amide bonds. The maximum absolute atomic E-state index is 12.5. The fraction of sp³-hybridized carbons (Fsp3) is 0.263. The van der Waals surface area contributed by atoms with Crippen molar-refractivity contribution in [3.05, 3.63) is 53.6 Å². The summed E-state index contributed by atoms with van der Waals surface area (Å²) in [4.78, 5) is 23.5. The van der Waals surface area contributed by atoms with Crippen molar-refractivity contribution in [1.82, 2.24) is 10.9 Å². The van der Waals surface area contributed by atoms with Gasteiger partial charge in [-0.2, -0.15) is 0 Å². The van der Waals surface area contributed by atoms with Gasteiger partial charge in [0.2, 0.25) is 11.8 Å². The number of para-hydroxylation sites is 1. The number of hydrogen-bond donors (Lipinski definition) is 5. The predicted molar refractivity (Wildman–Crippen MR) is 99.6 cm³/mol. The number of amides is 2. The van der Waals surface area contributed by atoms with Crippen LogP contribution in [0.5, 0.6) is 5.75 Å². The first-order chi connectivity index (χ1) is 12.4. The molecular weight excluding hydrogens is 332 g/mol. The van der Waals surface area contributed by atoms with E-state index in [-0.39, 0.29) is 23.6 Å². The fourth-order valence-corrected chi connectivity index (χ4v) is 2.96. The molecule has 2 aromatic rings. The highest BCUT2D eigenvalue weighted by Crippen LogP contribution is 2.31. The monoisotopic (exact) mass is 354 g/mol. The lowest BCUT2D eigenvalue weighted by molar-refractivity contribution is -0.118. The van der Waals surface area contributed by atoms with Gasteiger partial charge in [0.05, 0.1) is 6.04 Å². The van der Waals surface area contributed by atoms with Crippen molar-refractivity contribution < 1.29 is 14.7 Å². The van der Waals surface area contributed by atoms with Gasteiger partial charge < -0.3 is 15.7 Å². The first-order valence-corrected chi connectivity index (χ1v) is 8.42. The minimum atomic E-state index is -0.421. The normalized spacial score (nSPS) is 19.2. The number of nitrogens with one attached hydrogen (secondary N) is 4. The largest absolute Gasteiger partial charge is 0.507 e. The number of phenolic OH excluding ortho intramolecular Hbond substituents is 1. The van der Waals surface area contributed by atoms with E-state index in [1.54, 1.807) is 24.3 Å². The molecule has 136 valence electrons. The van der Waals surface area contributed by atoms with E-state index in [0.29, 0.717) is 17.8 Å². The molecule has 0 aliphatic carbocycles. The van der Waals surface area contributed by atoms with E-state index in [1.807, 2.05) is 25.1 Å². The molecule has 0 saturated carbocycles. The molecule has 1 aliphatic heterocycles. The van der Waals surface area contributed by atoms with E-state index < -0.39 is 6.04 Å². The summed E-state index contributed by atoms with van der Waals surface area (Å²) < 4.78 is 0. The molecule has 1 saturated heterocycles. The van der Waals surface area contributed by atoms with Crippen molar-refractivity contribution in [1.29, 1.82) is 0 Å². The number of phenols is 1. The molecule has 0 bridgehead atoms. The maximum Gasteiger partial charge on any atom is 0.242 e. The molecule has 26 heavy (non-hydrogen) atoms. The van der Waals surface area contributed by atoms with E-state index in [0.717, 1.165) is 11.1 Å². The lowest BCUT2D eigenvalue weighted by Gasteiger charge is -2.13. The molecule has 1 heterocycles. The number of anilines is 2. The SMILES string of the molecule is CC(=O)Nc1ccc(NC(=O)C2CC(c3cccc(C)c3O)NN2)cc1. The highest BCUT2D eigenvalue weighted by Gasteiger charge is 2.31. The predicted octanol–water partition coefficient (Wildman–Crippen LogP) is 2.21. The number of carbonyl (C=O) groups is 2. The van der Waals surface area contributed by atoms with Crippen LogP contribution < -0.4 is 21.5 Å². The molecule has 2 unspecified atom stereocenters. The maximum atomic E-state index is 12.5. The Balaban J connectivity index is 1.61. The summed E-state index contributed by atoms with van der Waals surface area (Å²) in [5.74, 6) is -0.0608. The van der Waals surface area contributed by atoms with Gasteiger partial charge in [-0.1, -0.05) is 18.2 Å². The van der Waals surface area contributed by atoms with E-state index in [4.69, 9.17) is 0 Å². The van der Waals surface area contributed by atoms with Crippen molar-refractivity contribution in [2.24, 2.45) is 0 Å². The molecule has 2 atom stereocenters. The summed E-state index contributed by atoms with van der Waals surface area (Å²) >= 11 is 0. The second-order valence-corrected chi connectivity index (χ2v) is 6.39. The number of aromatic hydroxyl groups is 1. The Hall–Kier alpha value is -2.90. The van der Waals surface area contributed by atoms with Crippen LogP contribution in [0.15, 0.2) is 42.5 Å². The smallest absolute Gasteiger partial charge is 0.242 e. The molecular formula is C19H22N4O3. The zero-order valence-electron chi connectivity index (χ0n) is 14.7. The first-order valence-electron chi connectivity index (χ1n) is 8.42. The lowest BCUT2D eigenvalue weighted by Crippen LogP contribution is -2.39. The van der Waals surface area contributed by atoms with Gasteiger partial charge in [-0.15, -0.1) is 0 Å². The van der Waals surface area contributed by atoms with Gasteiger partial charge in [-0.25, -0.2) is 10.9 Å². The molecule has 3 rings (SSSR count). The van der Waals surface area contributed by atoms with Crippen LogP contribution in [-0.4, -0.2) is 23.0 Å². The highest BCUT2D eigenvalue weighted by molar-refractivity contribution is 5.95. The summed E-state index contributed by atoms with van der Waals surface area (Å²) in [6.45, 7) is 3.28. The van der Waals surface area contributed by atoms with E-state index in [1.165, 1.54) is 6.92 Å². The van der Waals surface area contributed by atoms with Gasteiger partial charge in [0.25, 0.3) is 0 Å². The summed E-state index contributed by atoms with van der Waals surface area (Å²) in [6, 6.07) is 11.9. The quantitative estimate of drug-likeness (QED) is 0.579. The van der Waals surface area contributed by atoms with Gasteiger partial charge in [0.15, 0.2) is 0 Å². The number of rotatable bonds is 4. The number of carbonyl (C=O) groups excluding carboxylic acids is 2. The summed E-state index contributed by atoms with van der Waals surface area (Å²) in [7, 11) is 0. The van der Waals surface area contributed by atoms with Gasteiger partial charge in [-0.3, -0.25) is 9.59 Å². The Labute approximate surface area is 151 Å². The van der Waals surface area contributed by atoms with Gasteiger partial charge in [0.1, 0.15) is 11.8 Å². The number of hydrazine groups is 1. The minimum absolute atomic E-state index is 0.145. The van der Waals surface area contributed by atoms with Crippen LogP contribution in [0.2, 0.25) is 0 Å². The van der Waals surface area contributed by atoms with Gasteiger partial charge in [0, 0.05) is 23.9 Å². The molecule has 0 spiro atoms. The molecule has 1 fully saturated rings. The van der Waals surface area contributed by atoms with Crippen LogP contribution in [0.1, 0.15) is 30.5 Å². The molecule has 0 aromatic heterocycles. The van der Waals surface area contributed by atoms with E-state index >= 15 is 0 Å². The minimum Gasteiger partial charge on any atom is -0.507 e. The number of benzene rings is 2. The second kappa shape index (κ2) is 7.55. The van der Waals surface area contributed by atoms with E-state index in [2.05, 4.69) is 21.5 Å². The van der Waals surface area contributed by atoms with Crippen molar-refractivity contribution in [2.75, 3.05) is 10.6 Å². The summed E-state index contributed by atoms with van der Waals surface area (Å²) in [5.41, 5.74) is 8.94. The van der Waals surface area contributed by atoms with Crippen LogP contribution in [0.25, 0.3) is 0 Å². The third kappa shape index (κ3) is 4.01. The van der Waals surface area contributed by atoms with Gasteiger partial charge >= 0.3 is 0 Å². The Bertz CT molecular complexity index is 820. The zero-order valence-corrected chi connectivity index (χ0v) is 14.7. The first kappa shape index (κ1) is 17.9. The molecule has 7 heteroatoms. The molecule has 2 aromatic carbocycles. The summed E-state index contributed by atoms with van der Waals surface area (Å²) in [5, 5.41) is 15.7. The van der Waals surface area contributed by atoms with Crippen LogP contribution in [-0.2, 0) is 9.59 Å². The zero-order chi connectivity index (χ0) is 18.7. The van der Waals surface area contributed by atoms with Crippen molar-refractivity contribution >= 4 is 23.2 Å². The van der Waals surface area contributed by atoms with Gasteiger partial charge in [-0.05, 0) is 43.2 Å². The standard InChI is InChI=1S/C19H22N4O3/c1-11-4-3-5-15(18(11)25)16-10-17(23-22-16)19(26)21-14-8-6-13(7-9-14)20-12(2)24/h3-9,16-17,22-23,25H,10H2,1-2H3,(H,20,24)(H,21,26). The molecule has 1 aliphatic rings. The Morgan fingerprint density at radius 2 is 1.69 bits per heavy atom. The summed E-state index contributed by atoms with van der Waals surface area (Å²) in [6.07, 6.45) is 0.521. The Morgan fingerprint density at radius 1 is 1.04 bits per heavy atom. The molecule has 0 radical (unpaired) electrons. The highest BCUT2D eigenvalue weighted by atomic mass is 16.3. The topological polar surface area (TPSA) is 102 Å². The van der Waals surface area contributed by atoms with Crippen molar-refractivity contribution in [2.45, 2.75) is 32.4 Å². The van der Waals surface area contributed by atoms with Crippen LogP contribution in [0.3, 0.4) is 0 Å². The van der Waals surface area contributed by atoms with Crippen LogP contribution in [0.4, 0.5) is 11.4 Å². The fourth-order valence-electron chi connectivity index (χ4n) is 2.96. The average molecular weight is 354 g/mol. The van der Waals surface area contributed by atoms with Crippen LogP contribution in [0, 0.1) is 6.92 Å². The van der Waals surface area contributed by atoms with Crippen LogP contribution >= 0.6 is 0 Å². The Morgan fingerprint density at radius 3 is 2.35 bits per heavy atom. The third-order valence-corrected chi connectivity index (χ3v) is 4.34. The van der Waals surface area contributed by atoms with Crippen molar-refractivity contribution in [3.63, 3.8) is 0 Å². The average Bonchev–Trinajstić information content (AvgIpc) is 3.08. The molecule has 5 N–H and O–H groups in total. The second-order valence-electron chi connectivity index (χ2n) is 6.39. The third-order valence-electron chi connectivity index (χ3n) is 4.34. The van der Waals surface area contributed by atoms with Crippen molar-refractivity contribution in [3.8, 4) is 5.75 Å². The van der Waals surface area contributed by atoms with E-state index in [9.17, 15) is 14.7 Å².